The van der Waals surface area contributed by atoms with Crippen LogP contribution in [-0.2, 0) is 6.42 Å². The van der Waals surface area contributed by atoms with E-state index in [1.807, 2.05) is 18.2 Å². The Labute approximate surface area is 178 Å². The van der Waals surface area contributed by atoms with Gasteiger partial charge in [0.1, 0.15) is 0 Å². The summed E-state index contributed by atoms with van der Waals surface area (Å²) in [6.45, 7) is 2.58. The van der Waals surface area contributed by atoms with Crippen LogP contribution in [-0.4, -0.2) is 33.2 Å². The molecule has 0 fully saturated rings. The van der Waals surface area contributed by atoms with Crippen molar-refractivity contribution in [3.63, 3.8) is 0 Å². The third-order valence-corrected chi connectivity index (χ3v) is 7.56. The monoisotopic (exact) mass is 535 g/mol. The second kappa shape index (κ2) is 9.47. The summed E-state index contributed by atoms with van der Waals surface area (Å²) in [6, 6.07) is 14.5. The fraction of sp³-hybridized carbons (Fsp3) is 0.143. The van der Waals surface area contributed by atoms with E-state index in [-0.39, 0.29) is 11.7 Å². The zero-order chi connectivity index (χ0) is 19.2. The standard InChI is InChI=1S/C21H18AsFIN2O/c1-14-12-17(24)3-5-19(14)22-20-13-16(23)2-4-18(20)21(27)26-11-8-15-6-9-25-10-7-15/h2-7,9-10,12-13H,8,11H2,1H3,(H,26,27). The van der Waals surface area contributed by atoms with Crippen LogP contribution >= 0.6 is 22.6 Å². The van der Waals surface area contributed by atoms with E-state index in [2.05, 4.69) is 51.9 Å². The fourth-order valence-corrected chi connectivity index (χ4v) is 5.65. The number of pyridine rings is 1. The minimum absolute atomic E-state index is 0.155. The van der Waals surface area contributed by atoms with Crippen LogP contribution in [0.15, 0.2) is 60.9 Å². The van der Waals surface area contributed by atoms with Crippen molar-refractivity contribution in [2.24, 2.45) is 0 Å². The number of amides is 1. The van der Waals surface area contributed by atoms with E-state index in [1.54, 1.807) is 18.5 Å². The number of carbonyl (C=O) groups excluding carboxylic acids is 1. The second-order valence-electron chi connectivity index (χ2n) is 6.07. The molecule has 1 heterocycles. The Morgan fingerprint density at radius 3 is 2.63 bits per heavy atom. The predicted octanol–water partition coefficient (Wildman–Crippen LogP) is 2.76. The average molecular weight is 535 g/mol. The Morgan fingerprint density at radius 1 is 1.11 bits per heavy atom. The minimum atomic E-state index is -0.478. The molecule has 0 saturated heterocycles. The third kappa shape index (κ3) is 5.63. The molecule has 3 nitrogen and oxygen atoms in total. The molecule has 0 unspecified atom stereocenters. The Morgan fingerprint density at radius 2 is 1.89 bits per heavy atom. The Balaban J connectivity index is 1.73. The van der Waals surface area contributed by atoms with E-state index in [4.69, 9.17) is 0 Å². The van der Waals surface area contributed by atoms with Gasteiger partial charge in [-0.15, -0.1) is 0 Å². The first-order valence-corrected chi connectivity index (χ1v) is 11.4. The second-order valence-corrected chi connectivity index (χ2v) is 9.80. The molecule has 1 amide bonds. The van der Waals surface area contributed by atoms with Crippen molar-refractivity contribution in [3.8, 4) is 0 Å². The van der Waals surface area contributed by atoms with Gasteiger partial charge in [0.05, 0.1) is 0 Å². The zero-order valence-corrected chi connectivity index (χ0v) is 18.8. The first-order chi connectivity index (χ1) is 13.0. The quantitative estimate of drug-likeness (QED) is 0.390. The molecule has 0 bridgehead atoms. The maximum absolute atomic E-state index is 13.8. The van der Waals surface area contributed by atoms with Crippen LogP contribution in [0, 0.1) is 16.3 Å². The Kier molecular flexibility index (Phi) is 7.02. The number of aryl methyl sites for hydroxylation is 1. The molecule has 0 aliphatic carbocycles. The van der Waals surface area contributed by atoms with Crippen molar-refractivity contribution in [2.45, 2.75) is 13.3 Å². The summed E-state index contributed by atoms with van der Waals surface area (Å²) in [4.78, 5) is 16.7. The van der Waals surface area contributed by atoms with Gasteiger partial charge in [0.25, 0.3) is 0 Å². The number of aromatic nitrogens is 1. The SMILES string of the molecule is Cc1cc(I)ccc1[As]c1cc(F)ccc1C(=O)NCCc1ccncc1. The molecule has 0 atom stereocenters. The van der Waals surface area contributed by atoms with Crippen LogP contribution in [0.1, 0.15) is 21.5 Å². The first kappa shape index (κ1) is 20.0. The van der Waals surface area contributed by atoms with Crippen LogP contribution < -0.4 is 14.0 Å². The molecule has 0 saturated carbocycles. The molecule has 3 rings (SSSR count). The van der Waals surface area contributed by atoms with Crippen molar-refractivity contribution in [2.75, 3.05) is 6.54 Å². The fourth-order valence-electron chi connectivity index (χ4n) is 2.63. The Bertz CT molecular complexity index is 950. The molecule has 27 heavy (non-hydrogen) atoms. The summed E-state index contributed by atoms with van der Waals surface area (Å²) >= 11 is 1.80. The molecule has 0 aliphatic heterocycles. The average Bonchev–Trinajstić information content (AvgIpc) is 2.65. The van der Waals surface area contributed by atoms with E-state index in [1.165, 1.54) is 25.6 Å². The number of nitrogens with one attached hydrogen (secondary N) is 1. The van der Waals surface area contributed by atoms with Gasteiger partial charge in [-0.25, -0.2) is 0 Å². The number of halogens is 2. The van der Waals surface area contributed by atoms with Gasteiger partial charge >= 0.3 is 179 Å². The van der Waals surface area contributed by atoms with Crippen LogP contribution in [0.4, 0.5) is 4.39 Å². The number of nitrogens with zero attached hydrogens (tertiary/aromatic N) is 1. The van der Waals surface area contributed by atoms with Crippen molar-refractivity contribution in [1.82, 2.24) is 10.3 Å². The first-order valence-electron chi connectivity index (χ1n) is 8.47. The number of benzene rings is 2. The summed E-state index contributed by atoms with van der Waals surface area (Å²) in [5.74, 6) is -0.464. The summed E-state index contributed by atoms with van der Waals surface area (Å²) in [5.41, 5.74) is 2.85. The van der Waals surface area contributed by atoms with Gasteiger partial charge in [0, 0.05) is 0 Å². The molecular weight excluding hydrogens is 517 g/mol. The van der Waals surface area contributed by atoms with Gasteiger partial charge in [-0.05, 0) is 0 Å². The molecule has 6 heteroatoms. The third-order valence-electron chi connectivity index (χ3n) is 4.05. The molecule has 0 aliphatic rings. The van der Waals surface area contributed by atoms with Crippen LogP contribution in [0.2, 0.25) is 0 Å². The summed E-state index contributed by atoms with van der Waals surface area (Å²) in [5, 5.41) is 2.95. The van der Waals surface area contributed by atoms with Gasteiger partial charge in [-0.2, -0.15) is 0 Å². The van der Waals surface area contributed by atoms with Crippen molar-refractivity contribution in [3.05, 3.63) is 87.0 Å². The summed E-state index contributed by atoms with van der Waals surface area (Å²) < 4.78 is 17.0. The topological polar surface area (TPSA) is 42.0 Å². The molecule has 1 radical (unpaired) electrons. The molecule has 1 aromatic heterocycles. The number of rotatable bonds is 6. The molecule has 3 aromatic rings. The van der Waals surface area contributed by atoms with Crippen LogP contribution in [0.3, 0.4) is 0 Å². The van der Waals surface area contributed by atoms with Crippen LogP contribution in [0.25, 0.3) is 0 Å². The van der Waals surface area contributed by atoms with Gasteiger partial charge in [-0.1, -0.05) is 0 Å². The van der Waals surface area contributed by atoms with Crippen LogP contribution in [0.5, 0.6) is 0 Å². The number of hydrogen-bond acceptors (Lipinski definition) is 2. The molecule has 137 valence electrons. The van der Waals surface area contributed by atoms with Crippen molar-refractivity contribution < 1.29 is 9.18 Å². The van der Waals surface area contributed by atoms with Gasteiger partial charge < -0.3 is 0 Å². The Hall–Kier alpha value is -1.72. The molecule has 1 N–H and O–H groups in total. The van der Waals surface area contributed by atoms with Crippen molar-refractivity contribution in [1.29, 1.82) is 0 Å². The normalized spacial score (nSPS) is 11.1. The van der Waals surface area contributed by atoms with Gasteiger partial charge in [0.2, 0.25) is 0 Å². The van der Waals surface area contributed by atoms with Crippen molar-refractivity contribution >= 4 is 53.0 Å². The predicted molar refractivity (Wildman–Crippen MR) is 116 cm³/mol. The van der Waals surface area contributed by atoms with Gasteiger partial charge in [0.15, 0.2) is 0 Å². The molecule has 2 aromatic carbocycles. The molecule has 0 spiro atoms. The van der Waals surface area contributed by atoms with E-state index in [0.29, 0.717) is 12.1 Å². The van der Waals surface area contributed by atoms with Gasteiger partial charge in [-0.3, -0.25) is 0 Å². The summed E-state index contributed by atoms with van der Waals surface area (Å²) in [6.07, 6.45) is 4.21. The zero-order valence-electron chi connectivity index (χ0n) is 14.7. The van der Waals surface area contributed by atoms with E-state index in [9.17, 15) is 9.18 Å². The summed E-state index contributed by atoms with van der Waals surface area (Å²) in [7, 11) is 0. The van der Waals surface area contributed by atoms with E-state index >= 15 is 0 Å². The van der Waals surface area contributed by atoms with E-state index in [0.717, 1.165) is 16.3 Å². The molecular formula is C21H18AsFIN2O. The van der Waals surface area contributed by atoms with E-state index < -0.39 is 15.8 Å². The number of hydrogen-bond donors (Lipinski definition) is 1. The maximum atomic E-state index is 13.8. The number of carbonyl (C=O) groups is 1.